The number of nitrogens with zero attached hydrogens (tertiary/aromatic N) is 3. The smallest absolute Gasteiger partial charge is 0.249 e. The molecular weight excluding hydrogens is 448 g/mol. The molecule has 0 amide bonds. The topological polar surface area (TPSA) is 90.5 Å². The van der Waals surface area contributed by atoms with Crippen molar-refractivity contribution in [3.63, 3.8) is 0 Å². The van der Waals surface area contributed by atoms with E-state index in [4.69, 9.17) is 5.73 Å². The molecule has 1 atom stereocenters. The number of ketones is 1. The maximum atomic E-state index is 14.9. The highest BCUT2D eigenvalue weighted by atomic mass is 32.2. The Kier molecular flexibility index (Phi) is 5.64. The molecule has 1 aliphatic heterocycles. The number of hydrogen-bond acceptors (Lipinski definition) is 7. The number of carbonyl (C=O) groups is 1. The molecule has 2 N–H and O–H groups in total. The fraction of sp³-hybridized carbons (Fsp3) is 0.429. The van der Waals surface area contributed by atoms with Gasteiger partial charge in [0.05, 0.1) is 17.9 Å². The van der Waals surface area contributed by atoms with Crippen LogP contribution in [0, 0.1) is 11.2 Å². The number of thioether (sulfide) groups is 1. The Hall–Kier alpha value is -2.69. The number of rotatable bonds is 6. The van der Waals surface area contributed by atoms with Crippen LogP contribution in [0.15, 0.2) is 35.6 Å². The van der Waals surface area contributed by atoms with E-state index >= 15 is 0 Å². The van der Waals surface area contributed by atoms with Crippen LogP contribution >= 0.6 is 11.8 Å². The van der Waals surface area contributed by atoms with Gasteiger partial charge in [0.2, 0.25) is 18.7 Å². The molecular formula is C21H20F4N4O2S. The molecule has 11 heteroatoms. The predicted octanol–water partition coefficient (Wildman–Crippen LogP) is 4.04. The summed E-state index contributed by atoms with van der Waals surface area (Å²) in [5.74, 6) is -3.59. The number of amidine groups is 1. The van der Waals surface area contributed by atoms with Gasteiger partial charge in [-0.1, -0.05) is 17.8 Å². The van der Waals surface area contributed by atoms with Gasteiger partial charge in [0.1, 0.15) is 11.5 Å². The summed E-state index contributed by atoms with van der Waals surface area (Å²) in [5.41, 5.74) is 4.28. The maximum Gasteiger partial charge on any atom is 0.249 e. The number of carbonyl (C=O) groups excluding carboxylic acids is 1. The molecule has 2 aromatic rings. The number of benzene rings is 1. The Bertz CT molecular complexity index is 1070. The van der Waals surface area contributed by atoms with E-state index in [2.05, 4.69) is 19.7 Å². The van der Waals surface area contributed by atoms with Crippen molar-refractivity contribution in [2.24, 2.45) is 16.1 Å². The van der Waals surface area contributed by atoms with Gasteiger partial charge >= 0.3 is 0 Å². The number of alkyl halides is 3. The van der Waals surface area contributed by atoms with Crippen molar-refractivity contribution in [1.29, 1.82) is 0 Å². The standard InChI is InChI=1S/C21H20F4N4O2S/c1-19(20(8-21(24,25)9-20)10-32-18(26)29-19)13-4-12(2-3-14(13)23)5-16(30)15-6-28-17(7-27-15)31-11-22/h2-4,6-7H,5,8-11H2,1H3,(H2,26,29)/t19-/m1/s1. The number of halogens is 4. The van der Waals surface area contributed by atoms with E-state index in [0.29, 0.717) is 11.3 Å². The van der Waals surface area contributed by atoms with Crippen molar-refractivity contribution < 1.29 is 27.1 Å². The number of Topliss-reactive ketones (excluding diaryl/α,β-unsaturated/α-hetero) is 1. The van der Waals surface area contributed by atoms with Crippen LogP contribution in [0.2, 0.25) is 0 Å². The van der Waals surface area contributed by atoms with Crippen molar-refractivity contribution in [2.45, 2.75) is 37.6 Å². The Balaban J connectivity index is 1.63. The van der Waals surface area contributed by atoms with E-state index in [0.717, 1.165) is 12.4 Å². The monoisotopic (exact) mass is 468 g/mol. The molecule has 0 radical (unpaired) electrons. The molecule has 32 heavy (non-hydrogen) atoms. The lowest BCUT2D eigenvalue weighted by Gasteiger charge is -2.57. The first kappa shape index (κ1) is 22.5. The van der Waals surface area contributed by atoms with Crippen LogP contribution in [0.4, 0.5) is 17.6 Å². The molecule has 1 aromatic carbocycles. The highest BCUT2D eigenvalue weighted by Gasteiger charge is 2.66. The minimum atomic E-state index is -2.83. The molecule has 170 valence electrons. The highest BCUT2D eigenvalue weighted by molar-refractivity contribution is 8.13. The van der Waals surface area contributed by atoms with E-state index in [1.807, 2.05) is 0 Å². The summed E-state index contributed by atoms with van der Waals surface area (Å²) in [6.45, 7) is 0.548. The van der Waals surface area contributed by atoms with Crippen LogP contribution < -0.4 is 10.5 Å². The second-order valence-electron chi connectivity index (χ2n) is 8.21. The molecule has 4 rings (SSSR count). The van der Waals surface area contributed by atoms with Gasteiger partial charge < -0.3 is 10.5 Å². The van der Waals surface area contributed by atoms with Crippen LogP contribution in [-0.2, 0) is 12.0 Å². The Labute approximate surface area is 185 Å². The van der Waals surface area contributed by atoms with Gasteiger partial charge in [0.15, 0.2) is 11.0 Å². The van der Waals surface area contributed by atoms with Gasteiger partial charge in [0, 0.05) is 36.0 Å². The van der Waals surface area contributed by atoms with Gasteiger partial charge in [-0.2, -0.15) is 0 Å². The SMILES string of the molecule is C[C@]1(c2cc(CC(=O)c3cnc(OCF)cn3)ccc2F)N=C(N)SCC12CC(F)(F)C2. The Morgan fingerprint density at radius 2 is 2.00 bits per heavy atom. The summed E-state index contributed by atoms with van der Waals surface area (Å²) in [4.78, 5) is 24.7. The lowest BCUT2D eigenvalue weighted by atomic mass is 9.55. The fourth-order valence-corrected chi connectivity index (χ4v) is 5.53. The van der Waals surface area contributed by atoms with Gasteiger partial charge in [-0.3, -0.25) is 9.79 Å². The second kappa shape index (κ2) is 8.02. The van der Waals surface area contributed by atoms with Crippen LogP contribution in [0.3, 0.4) is 0 Å². The molecule has 2 aliphatic rings. The van der Waals surface area contributed by atoms with E-state index in [1.165, 1.54) is 30.0 Å². The number of aliphatic imine (C=N–C) groups is 1. The van der Waals surface area contributed by atoms with Crippen LogP contribution in [0.25, 0.3) is 0 Å². The zero-order valence-electron chi connectivity index (χ0n) is 17.1. The van der Waals surface area contributed by atoms with E-state index in [9.17, 15) is 22.4 Å². The highest BCUT2D eigenvalue weighted by Crippen LogP contribution is 2.64. The van der Waals surface area contributed by atoms with Crippen LogP contribution in [-0.4, -0.2) is 39.5 Å². The number of nitrogens with two attached hydrogens (primary N) is 1. The summed E-state index contributed by atoms with van der Waals surface area (Å²) in [6.07, 6.45) is 1.34. The number of aromatic nitrogens is 2. The van der Waals surface area contributed by atoms with E-state index in [1.54, 1.807) is 6.92 Å². The summed E-state index contributed by atoms with van der Waals surface area (Å²) in [6, 6.07) is 4.12. The fourth-order valence-electron chi connectivity index (χ4n) is 4.38. The third-order valence-corrected chi connectivity index (χ3v) is 7.18. The summed E-state index contributed by atoms with van der Waals surface area (Å²) < 4.78 is 59.4. The zero-order chi connectivity index (χ0) is 23.1. The molecule has 1 saturated carbocycles. The molecule has 1 aromatic heterocycles. The molecule has 0 unspecified atom stereocenters. The second-order valence-corrected chi connectivity index (χ2v) is 9.20. The lowest BCUT2D eigenvalue weighted by Crippen LogP contribution is -2.60. The van der Waals surface area contributed by atoms with Crippen LogP contribution in [0.1, 0.15) is 41.4 Å². The summed E-state index contributed by atoms with van der Waals surface area (Å²) in [5, 5.41) is 0.208. The Morgan fingerprint density at radius 1 is 1.25 bits per heavy atom. The van der Waals surface area contributed by atoms with Gasteiger partial charge in [-0.05, 0) is 24.6 Å². The molecule has 0 saturated heterocycles. The first-order valence-corrected chi connectivity index (χ1v) is 10.7. The van der Waals surface area contributed by atoms with Crippen molar-refractivity contribution in [1.82, 2.24) is 9.97 Å². The predicted molar refractivity (Wildman–Crippen MR) is 111 cm³/mol. The average Bonchev–Trinajstić information content (AvgIpc) is 2.71. The van der Waals surface area contributed by atoms with Crippen molar-refractivity contribution in [2.75, 3.05) is 12.6 Å². The van der Waals surface area contributed by atoms with Gasteiger partial charge in [-0.15, -0.1) is 0 Å². The zero-order valence-corrected chi connectivity index (χ0v) is 17.9. The molecule has 0 bridgehead atoms. The van der Waals surface area contributed by atoms with E-state index < -0.39 is 48.2 Å². The maximum absolute atomic E-state index is 14.9. The van der Waals surface area contributed by atoms with Crippen molar-refractivity contribution >= 4 is 22.7 Å². The summed E-state index contributed by atoms with van der Waals surface area (Å²) >= 11 is 1.19. The van der Waals surface area contributed by atoms with Crippen molar-refractivity contribution in [3.8, 4) is 5.88 Å². The normalized spacial score (nSPS) is 23.3. The van der Waals surface area contributed by atoms with E-state index in [-0.39, 0.29) is 28.7 Å². The quantitative estimate of drug-likeness (QED) is 0.508. The Morgan fingerprint density at radius 3 is 2.62 bits per heavy atom. The van der Waals surface area contributed by atoms with Crippen molar-refractivity contribution in [3.05, 3.63) is 53.2 Å². The molecule has 1 spiro atoms. The van der Waals surface area contributed by atoms with Gasteiger partial charge in [0.25, 0.3) is 0 Å². The first-order valence-electron chi connectivity index (χ1n) is 9.76. The lowest BCUT2D eigenvalue weighted by molar-refractivity contribution is -0.178. The molecule has 6 nitrogen and oxygen atoms in total. The molecule has 1 fully saturated rings. The first-order chi connectivity index (χ1) is 15.1. The molecule has 1 aliphatic carbocycles. The minimum absolute atomic E-state index is 0.0275. The number of ether oxygens (including phenoxy) is 1. The molecule has 2 heterocycles. The summed E-state index contributed by atoms with van der Waals surface area (Å²) in [7, 11) is 0. The average molecular weight is 468 g/mol. The van der Waals surface area contributed by atoms with Gasteiger partial charge in [-0.25, -0.2) is 27.5 Å². The van der Waals surface area contributed by atoms with Crippen LogP contribution in [0.5, 0.6) is 5.88 Å². The third kappa shape index (κ3) is 3.94. The third-order valence-electron chi connectivity index (χ3n) is 6.09. The largest absolute Gasteiger partial charge is 0.445 e. The number of hydrogen-bond donors (Lipinski definition) is 1. The minimum Gasteiger partial charge on any atom is -0.445 e.